The predicted molar refractivity (Wildman–Crippen MR) is 67.6 cm³/mol. The molecule has 2 atom stereocenters. The Morgan fingerprint density at radius 3 is 2.80 bits per heavy atom. The van der Waals surface area contributed by atoms with Crippen molar-refractivity contribution in [1.29, 1.82) is 0 Å². The molecular formula is C12H19BrN2. The average molecular weight is 271 g/mol. The fourth-order valence-electron chi connectivity index (χ4n) is 1.81. The molecular weight excluding hydrogens is 252 g/mol. The number of nitrogens with zero attached hydrogens (tertiary/aromatic N) is 1. The van der Waals surface area contributed by atoms with E-state index in [2.05, 4.69) is 40.8 Å². The zero-order chi connectivity index (χ0) is 11.3. The minimum absolute atomic E-state index is 0.108. The molecule has 2 N–H and O–H groups in total. The molecule has 1 aromatic heterocycles. The lowest BCUT2D eigenvalue weighted by atomic mass is 9.94. The third-order valence-corrected chi connectivity index (χ3v) is 3.03. The van der Waals surface area contributed by atoms with Gasteiger partial charge in [0.15, 0.2) is 0 Å². The minimum Gasteiger partial charge on any atom is -0.324 e. The van der Waals surface area contributed by atoms with Gasteiger partial charge in [0.1, 0.15) is 0 Å². The second-order valence-corrected chi connectivity index (χ2v) is 5.09. The highest BCUT2D eigenvalue weighted by atomic mass is 79.9. The molecule has 1 heterocycles. The molecule has 0 amide bonds. The normalized spacial score (nSPS) is 14.9. The maximum Gasteiger partial charge on any atom is 0.0410 e. The number of hydrogen-bond donors (Lipinski definition) is 1. The quantitative estimate of drug-likeness (QED) is 0.887. The van der Waals surface area contributed by atoms with Gasteiger partial charge in [0, 0.05) is 22.9 Å². The number of halogens is 1. The Hall–Kier alpha value is -0.410. The molecule has 1 aromatic rings. The maximum absolute atomic E-state index is 6.13. The molecule has 2 nitrogen and oxygen atoms in total. The summed E-state index contributed by atoms with van der Waals surface area (Å²) in [6.45, 7) is 4.47. The Morgan fingerprint density at radius 1 is 1.47 bits per heavy atom. The Kier molecular flexibility index (Phi) is 5.26. The van der Waals surface area contributed by atoms with E-state index in [1.807, 2.05) is 6.20 Å². The molecule has 0 aliphatic heterocycles. The van der Waals surface area contributed by atoms with Crippen molar-refractivity contribution in [2.24, 2.45) is 11.7 Å². The highest BCUT2D eigenvalue weighted by Gasteiger charge is 2.11. The fraction of sp³-hybridized carbons (Fsp3) is 0.583. The van der Waals surface area contributed by atoms with Crippen LogP contribution >= 0.6 is 15.9 Å². The van der Waals surface area contributed by atoms with Crippen LogP contribution in [0.2, 0.25) is 0 Å². The monoisotopic (exact) mass is 270 g/mol. The van der Waals surface area contributed by atoms with Gasteiger partial charge in [-0.25, -0.2) is 0 Å². The zero-order valence-electron chi connectivity index (χ0n) is 9.41. The van der Waals surface area contributed by atoms with Crippen LogP contribution in [0.5, 0.6) is 0 Å². The summed E-state index contributed by atoms with van der Waals surface area (Å²) < 4.78 is 0.999. The molecule has 0 spiro atoms. The van der Waals surface area contributed by atoms with Crippen LogP contribution in [-0.4, -0.2) is 4.98 Å². The standard InChI is InChI=1S/C12H19BrN2/c1-3-4-9(2)5-12(14)10-6-11(13)8-15-7-10/h6-9,12H,3-5,14H2,1-2H3. The van der Waals surface area contributed by atoms with Crippen molar-refractivity contribution >= 4 is 15.9 Å². The summed E-state index contributed by atoms with van der Waals surface area (Å²) >= 11 is 3.41. The topological polar surface area (TPSA) is 38.9 Å². The van der Waals surface area contributed by atoms with Gasteiger partial charge < -0.3 is 5.73 Å². The lowest BCUT2D eigenvalue weighted by molar-refractivity contribution is 0.440. The summed E-state index contributed by atoms with van der Waals surface area (Å²) in [5.74, 6) is 0.684. The van der Waals surface area contributed by atoms with Crippen molar-refractivity contribution in [2.45, 2.75) is 39.2 Å². The predicted octanol–water partition coefficient (Wildman–Crippen LogP) is 3.67. The molecule has 0 fully saturated rings. The van der Waals surface area contributed by atoms with Gasteiger partial charge in [0.25, 0.3) is 0 Å². The van der Waals surface area contributed by atoms with Crippen LogP contribution in [0, 0.1) is 5.92 Å². The Bertz CT molecular complexity index is 301. The maximum atomic E-state index is 6.13. The van der Waals surface area contributed by atoms with Gasteiger partial charge in [-0.1, -0.05) is 26.7 Å². The molecule has 0 saturated carbocycles. The highest BCUT2D eigenvalue weighted by Crippen LogP contribution is 2.22. The molecule has 2 unspecified atom stereocenters. The van der Waals surface area contributed by atoms with Gasteiger partial charge >= 0.3 is 0 Å². The van der Waals surface area contributed by atoms with E-state index < -0.39 is 0 Å². The number of pyridine rings is 1. The summed E-state index contributed by atoms with van der Waals surface area (Å²) in [6, 6.07) is 2.16. The lowest BCUT2D eigenvalue weighted by Crippen LogP contribution is -2.14. The number of hydrogen-bond acceptors (Lipinski definition) is 2. The first kappa shape index (κ1) is 12.7. The van der Waals surface area contributed by atoms with E-state index in [4.69, 9.17) is 5.73 Å². The smallest absolute Gasteiger partial charge is 0.0410 e. The molecule has 0 aliphatic carbocycles. The van der Waals surface area contributed by atoms with Gasteiger partial charge in [-0.2, -0.15) is 0 Å². The van der Waals surface area contributed by atoms with Crippen LogP contribution < -0.4 is 5.73 Å². The van der Waals surface area contributed by atoms with Gasteiger partial charge in [0.05, 0.1) is 0 Å². The van der Waals surface area contributed by atoms with Crippen LogP contribution in [0.3, 0.4) is 0 Å². The summed E-state index contributed by atoms with van der Waals surface area (Å²) in [5, 5.41) is 0. The van der Waals surface area contributed by atoms with E-state index in [0.717, 1.165) is 16.5 Å². The van der Waals surface area contributed by atoms with Gasteiger partial charge in [-0.05, 0) is 39.9 Å². The summed E-state index contributed by atoms with van der Waals surface area (Å²) in [7, 11) is 0. The largest absolute Gasteiger partial charge is 0.324 e. The Labute approximate surface area is 100 Å². The first-order chi connectivity index (χ1) is 7.13. The van der Waals surface area contributed by atoms with Gasteiger partial charge in [-0.15, -0.1) is 0 Å². The summed E-state index contributed by atoms with van der Waals surface area (Å²) in [5.41, 5.74) is 7.25. The van der Waals surface area contributed by atoms with Crippen molar-refractivity contribution in [3.05, 3.63) is 28.5 Å². The number of nitrogens with two attached hydrogens (primary N) is 1. The lowest BCUT2D eigenvalue weighted by Gasteiger charge is -2.16. The van der Waals surface area contributed by atoms with Crippen LogP contribution in [-0.2, 0) is 0 Å². The minimum atomic E-state index is 0.108. The third kappa shape index (κ3) is 4.31. The van der Waals surface area contributed by atoms with Crippen LogP contribution in [0.1, 0.15) is 44.7 Å². The molecule has 0 saturated heterocycles. The Morgan fingerprint density at radius 2 is 2.20 bits per heavy atom. The molecule has 3 heteroatoms. The van der Waals surface area contributed by atoms with E-state index in [9.17, 15) is 0 Å². The second kappa shape index (κ2) is 6.23. The van der Waals surface area contributed by atoms with E-state index >= 15 is 0 Å². The first-order valence-electron chi connectivity index (χ1n) is 5.49. The van der Waals surface area contributed by atoms with Gasteiger partial charge in [-0.3, -0.25) is 4.98 Å². The first-order valence-corrected chi connectivity index (χ1v) is 6.28. The molecule has 1 rings (SSSR count). The molecule has 0 bridgehead atoms. The summed E-state index contributed by atoms with van der Waals surface area (Å²) in [6.07, 6.45) is 7.14. The zero-order valence-corrected chi connectivity index (χ0v) is 11.0. The number of rotatable bonds is 5. The van der Waals surface area contributed by atoms with E-state index in [1.165, 1.54) is 12.8 Å². The van der Waals surface area contributed by atoms with Crippen molar-refractivity contribution in [1.82, 2.24) is 4.98 Å². The molecule has 84 valence electrons. The van der Waals surface area contributed by atoms with E-state index in [-0.39, 0.29) is 6.04 Å². The summed E-state index contributed by atoms with van der Waals surface area (Å²) in [4.78, 5) is 4.13. The van der Waals surface area contributed by atoms with Crippen molar-refractivity contribution < 1.29 is 0 Å². The molecule has 0 aromatic carbocycles. The van der Waals surface area contributed by atoms with E-state index in [1.54, 1.807) is 6.20 Å². The average Bonchev–Trinajstić information content (AvgIpc) is 2.18. The Balaban J connectivity index is 2.56. The second-order valence-electron chi connectivity index (χ2n) is 4.17. The molecule has 15 heavy (non-hydrogen) atoms. The fourth-order valence-corrected chi connectivity index (χ4v) is 2.19. The van der Waals surface area contributed by atoms with Crippen molar-refractivity contribution in [3.8, 4) is 0 Å². The van der Waals surface area contributed by atoms with Crippen molar-refractivity contribution in [2.75, 3.05) is 0 Å². The van der Waals surface area contributed by atoms with Gasteiger partial charge in [0.2, 0.25) is 0 Å². The number of aromatic nitrogens is 1. The molecule has 0 radical (unpaired) electrons. The highest BCUT2D eigenvalue weighted by molar-refractivity contribution is 9.10. The van der Waals surface area contributed by atoms with Crippen LogP contribution in [0.4, 0.5) is 0 Å². The van der Waals surface area contributed by atoms with E-state index in [0.29, 0.717) is 5.92 Å². The third-order valence-electron chi connectivity index (χ3n) is 2.59. The molecule has 0 aliphatic rings. The SMILES string of the molecule is CCCC(C)CC(N)c1cncc(Br)c1. The van der Waals surface area contributed by atoms with Crippen LogP contribution in [0.15, 0.2) is 22.9 Å². The van der Waals surface area contributed by atoms with Crippen molar-refractivity contribution in [3.63, 3.8) is 0 Å². The van der Waals surface area contributed by atoms with Crippen LogP contribution in [0.25, 0.3) is 0 Å².